The first-order valence-electron chi connectivity index (χ1n) is 19.4. The van der Waals surface area contributed by atoms with Gasteiger partial charge in [-0.05, 0) is 67.0 Å². The van der Waals surface area contributed by atoms with Gasteiger partial charge in [0.2, 0.25) is 29.2 Å². The molecule has 0 bridgehead atoms. The van der Waals surface area contributed by atoms with Gasteiger partial charge in [0.25, 0.3) is 0 Å². The first kappa shape index (κ1) is 44.9. The second-order valence-corrected chi connectivity index (χ2v) is 19.4. The predicted molar refractivity (Wildman–Crippen MR) is 221 cm³/mol. The van der Waals surface area contributed by atoms with Gasteiger partial charge in [-0.1, -0.05) is 73.5 Å². The highest BCUT2D eigenvalue weighted by molar-refractivity contribution is 7.88. The molecule has 1 aromatic heterocycles. The van der Waals surface area contributed by atoms with Crippen LogP contribution in [0.3, 0.4) is 0 Å². The number of carbonyl (C=O) groups is 4. The number of phenols is 1. The highest BCUT2D eigenvalue weighted by Crippen LogP contribution is 2.55. The van der Waals surface area contributed by atoms with E-state index >= 15 is 0 Å². The lowest BCUT2D eigenvalue weighted by Gasteiger charge is -2.34. The Balaban J connectivity index is 1.29. The Bertz CT molecular complexity index is 2230. The van der Waals surface area contributed by atoms with E-state index in [1.165, 1.54) is 24.3 Å². The second kappa shape index (κ2) is 20.2. The molecular weight excluding hydrogens is 802 g/mol. The SMILES string of the molecule is CS(=O)(=O)N[C@@H](CCCCNC(=O)OCc1ccccc1)C(=O)NC(Cc1ccc(O)cc1)P(=O)(O)CC1(C(=O)N[C@@H](Cc2c[nH]c3ccccc23)C(=O)O)CCCC1. The molecule has 1 saturated carbocycles. The minimum Gasteiger partial charge on any atom is -0.508 e. The quantitative estimate of drug-likeness (QED) is 0.0428. The number of fused-ring (bicyclic) bond motifs is 1. The smallest absolute Gasteiger partial charge is 0.407 e. The number of amides is 3. The number of aliphatic carboxylic acids is 1. The van der Waals surface area contributed by atoms with E-state index < -0.39 is 70.7 Å². The van der Waals surface area contributed by atoms with Gasteiger partial charge in [-0.25, -0.2) is 22.7 Å². The van der Waals surface area contributed by atoms with Crippen molar-refractivity contribution in [2.45, 2.75) is 82.3 Å². The van der Waals surface area contributed by atoms with Crippen LogP contribution >= 0.6 is 7.37 Å². The average Bonchev–Trinajstić information content (AvgIpc) is 3.84. The first-order chi connectivity index (χ1) is 28.0. The summed E-state index contributed by atoms with van der Waals surface area (Å²) in [6, 6.07) is 19.5. The van der Waals surface area contributed by atoms with Crippen LogP contribution in [0.15, 0.2) is 85.1 Å². The van der Waals surface area contributed by atoms with Gasteiger partial charge in [-0.3, -0.25) is 14.2 Å². The molecule has 5 rings (SSSR count). The van der Waals surface area contributed by atoms with E-state index in [4.69, 9.17) is 4.74 Å². The van der Waals surface area contributed by atoms with Gasteiger partial charge in [-0.15, -0.1) is 0 Å². The van der Waals surface area contributed by atoms with Crippen LogP contribution in [0.4, 0.5) is 4.79 Å². The maximum Gasteiger partial charge on any atom is 0.407 e. The molecule has 4 aromatic rings. The van der Waals surface area contributed by atoms with Crippen molar-refractivity contribution < 1.29 is 52.0 Å². The Labute approximate surface area is 343 Å². The Morgan fingerprint density at radius 3 is 2.24 bits per heavy atom. The van der Waals surface area contributed by atoms with Crippen molar-refractivity contribution in [1.29, 1.82) is 0 Å². The van der Waals surface area contributed by atoms with E-state index in [1.54, 1.807) is 6.20 Å². The van der Waals surface area contributed by atoms with Crippen molar-refractivity contribution in [3.05, 3.63) is 102 Å². The van der Waals surface area contributed by atoms with Crippen molar-refractivity contribution in [2.75, 3.05) is 19.0 Å². The molecule has 1 fully saturated rings. The highest BCUT2D eigenvalue weighted by Gasteiger charge is 2.49. The number of carbonyl (C=O) groups excluding carboxylic acids is 3. The first-order valence-corrected chi connectivity index (χ1v) is 23.2. The number of hydrogen-bond donors (Lipinski definition) is 8. The molecule has 2 unspecified atom stereocenters. The summed E-state index contributed by atoms with van der Waals surface area (Å²) in [5.74, 6) is -4.39. The van der Waals surface area contributed by atoms with Crippen LogP contribution in [0, 0.1) is 5.41 Å². The van der Waals surface area contributed by atoms with Gasteiger partial charge in [0, 0.05) is 42.6 Å². The van der Waals surface area contributed by atoms with Gasteiger partial charge >= 0.3 is 12.1 Å². The number of para-hydroxylation sites is 1. The summed E-state index contributed by atoms with van der Waals surface area (Å²) in [5.41, 5.74) is 1.32. The number of carboxylic acid groups (broad SMARTS) is 1. The summed E-state index contributed by atoms with van der Waals surface area (Å²) in [5, 5.41) is 28.7. The largest absolute Gasteiger partial charge is 0.508 e. The number of alkyl carbamates (subject to hydrolysis) is 1. The number of benzene rings is 3. The number of aromatic nitrogens is 1. The second-order valence-electron chi connectivity index (χ2n) is 15.2. The fourth-order valence-electron chi connectivity index (χ4n) is 7.44. The van der Waals surface area contributed by atoms with E-state index in [-0.39, 0.29) is 57.4 Å². The van der Waals surface area contributed by atoms with Gasteiger partial charge in [0.05, 0.1) is 11.7 Å². The minimum absolute atomic E-state index is 0.0271. The average molecular weight is 854 g/mol. The van der Waals surface area contributed by atoms with Crippen molar-refractivity contribution in [3.8, 4) is 5.75 Å². The van der Waals surface area contributed by atoms with Crippen molar-refractivity contribution in [1.82, 2.24) is 25.7 Å². The van der Waals surface area contributed by atoms with Crippen LogP contribution < -0.4 is 20.7 Å². The fraction of sp³-hybridized carbons (Fsp3) is 0.415. The number of nitrogens with one attached hydrogen (secondary N) is 5. The molecular formula is C41H52N5O11PS. The summed E-state index contributed by atoms with van der Waals surface area (Å²) in [4.78, 5) is 67.7. The molecule has 18 heteroatoms. The van der Waals surface area contributed by atoms with Crippen LogP contribution in [0.1, 0.15) is 61.6 Å². The normalized spacial score (nSPS) is 16.3. The van der Waals surface area contributed by atoms with E-state index in [0.717, 1.165) is 22.7 Å². The number of aromatic amines is 1. The molecule has 8 N–H and O–H groups in total. The predicted octanol–water partition coefficient (Wildman–Crippen LogP) is 4.52. The van der Waals surface area contributed by atoms with Crippen LogP contribution in [-0.4, -0.2) is 89.2 Å². The minimum atomic E-state index is -4.57. The van der Waals surface area contributed by atoms with Crippen LogP contribution in [-0.2, 0) is 53.2 Å². The fourth-order valence-corrected chi connectivity index (χ4v) is 10.6. The molecule has 0 radical (unpaired) electrons. The molecule has 318 valence electrons. The number of ether oxygens (including phenoxy) is 1. The maximum absolute atomic E-state index is 14.6. The molecule has 0 saturated heterocycles. The lowest BCUT2D eigenvalue weighted by atomic mass is 9.87. The third-order valence-electron chi connectivity index (χ3n) is 10.5. The van der Waals surface area contributed by atoms with Crippen LogP contribution in [0.5, 0.6) is 5.75 Å². The standard InChI is InChI=1S/C41H52N5O11PS/c1-59(55,56)46-34(15-7-10-22-42-40(52)57-26-29-11-3-2-4-12-29)37(48)45-36(23-28-16-18-31(47)19-17-28)58(53,54)27-41(20-8-9-21-41)39(51)44-35(38(49)50)24-30-25-43-33-14-6-5-13-32(30)33/h2-6,11-14,16-19,25,34-36,43,46-47H,7-10,15,20-24,26-27H2,1H3,(H,42,52)(H,44,51)(H,45,48)(H,49,50)(H,53,54)/t34-,35-,36?/m0/s1. The number of rotatable bonds is 21. The highest BCUT2D eigenvalue weighted by atomic mass is 32.2. The lowest BCUT2D eigenvalue weighted by molar-refractivity contribution is -0.143. The third-order valence-corrected chi connectivity index (χ3v) is 13.6. The number of H-pyrrole nitrogens is 1. The molecule has 0 spiro atoms. The van der Waals surface area contributed by atoms with Crippen LogP contribution in [0.2, 0.25) is 0 Å². The van der Waals surface area contributed by atoms with Gasteiger partial charge in [0.1, 0.15) is 30.2 Å². The monoisotopic (exact) mass is 853 g/mol. The summed E-state index contributed by atoms with van der Waals surface area (Å²) < 4.78 is 46.9. The summed E-state index contributed by atoms with van der Waals surface area (Å²) in [6.45, 7) is 0.249. The molecule has 4 atom stereocenters. The molecule has 1 heterocycles. The number of sulfonamides is 1. The van der Waals surface area contributed by atoms with E-state index in [9.17, 15) is 47.3 Å². The number of hydrogen-bond acceptors (Lipinski definition) is 9. The summed E-state index contributed by atoms with van der Waals surface area (Å²) in [7, 11) is -8.52. The lowest BCUT2D eigenvalue weighted by Crippen LogP contribution is -2.52. The Morgan fingerprint density at radius 1 is 0.881 bits per heavy atom. The zero-order valence-electron chi connectivity index (χ0n) is 32.8. The summed E-state index contributed by atoms with van der Waals surface area (Å²) in [6.07, 6.45) is 3.18. The van der Waals surface area contributed by atoms with E-state index in [0.29, 0.717) is 30.4 Å². The number of aromatic hydroxyl groups is 1. The van der Waals surface area contributed by atoms with Crippen molar-refractivity contribution >= 4 is 52.2 Å². The number of carboxylic acids is 1. The van der Waals surface area contributed by atoms with Gasteiger partial charge in [-0.2, -0.15) is 0 Å². The van der Waals surface area contributed by atoms with Crippen LogP contribution in [0.25, 0.3) is 10.9 Å². The Hall–Kier alpha value is -5.22. The maximum atomic E-state index is 14.6. The zero-order valence-corrected chi connectivity index (χ0v) is 34.5. The number of unbranched alkanes of at least 4 members (excludes halogenated alkanes) is 1. The zero-order chi connectivity index (χ0) is 42.6. The van der Waals surface area contributed by atoms with E-state index in [1.807, 2.05) is 54.6 Å². The molecule has 3 aromatic carbocycles. The molecule has 59 heavy (non-hydrogen) atoms. The Kier molecular flexibility index (Phi) is 15.3. The molecule has 1 aliphatic carbocycles. The van der Waals surface area contributed by atoms with Gasteiger partial charge in [0.15, 0.2) is 0 Å². The topological polar surface area (TPSA) is 253 Å². The molecule has 3 amide bonds. The molecule has 1 aliphatic rings. The van der Waals surface area contributed by atoms with E-state index in [2.05, 4.69) is 25.7 Å². The van der Waals surface area contributed by atoms with Gasteiger partial charge < -0.3 is 40.8 Å². The van der Waals surface area contributed by atoms with Crippen molar-refractivity contribution in [2.24, 2.45) is 5.41 Å². The molecule has 0 aliphatic heterocycles. The summed E-state index contributed by atoms with van der Waals surface area (Å²) >= 11 is 0. The molecule has 16 nitrogen and oxygen atoms in total. The van der Waals surface area contributed by atoms with Crippen molar-refractivity contribution in [3.63, 3.8) is 0 Å². The number of phenolic OH excluding ortho intramolecular Hbond substituents is 1. The third kappa shape index (κ3) is 13.1. The Morgan fingerprint density at radius 2 is 1.56 bits per heavy atom.